The van der Waals surface area contributed by atoms with Gasteiger partial charge in [-0.25, -0.2) is 0 Å². The Morgan fingerprint density at radius 1 is 0.974 bits per heavy atom. The highest BCUT2D eigenvalue weighted by Gasteiger charge is 2.53. The van der Waals surface area contributed by atoms with Crippen molar-refractivity contribution in [3.63, 3.8) is 0 Å². The number of amides is 1. The molecule has 1 amide bonds. The number of nitrogens with one attached hydrogen (secondary N) is 1. The van der Waals surface area contributed by atoms with Crippen molar-refractivity contribution >= 4 is 5.91 Å². The fourth-order valence-corrected chi connectivity index (χ4v) is 4.88. The van der Waals surface area contributed by atoms with Gasteiger partial charge >= 0.3 is 0 Å². The van der Waals surface area contributed by atoms with E-state index in [-0.39, 0.29) is 25.1 Å². The van der Waals surface area contributed by atoms with E-state index >= 15 is 0 Å². The summed E-state index contributed by atoms with van der Waals surface area (Å²) in [7, 11) is 0. The molecular weight excluding hydrogens is 526 g/mol. The number of hydrogen-bond donors (Lipinski definition) is 12. The summed E-state index contributed by atoms with van der Waals surface area (Å²) in [5.74, 6) is -0.817. The average Bonchev–Trinajstić information content (AvgIpc) is 3.17. The zero-order valence-electron chi connectivity index (χ0n) is 21.2. The van der Waals surface area contributed by atoms with Gasteiger partial charge in [-0.15, -0.1) is 0 Å². The molecule has 1 aliphatic carbocycles. The zero-order chi connectivity index (χ0) is 29.2. The molecule has 15 atom stereocenters. The smallest absolute Gasteiger partial charge is 0.249 e. The molecule has 14 unspecified atom stereocenters. The molecule has 2 aliphatic heterocycles. The third-order valence-corrected chi connectivity index (χ3v) is 7.19. The first-order valence-electron chi connectivity index (χ1n) is 12.6. The lowest BCUT2D eigenvalue weighted by Gasteiger charge is -2.47. The van der Waals surface area contributed by atoms with Crippen molar-refractivity contribution in [1.82, 2.24) is 5.32 Å². The molecule has 1 saturated carbocycles. The number of rotatable bonds is 10. The molecule has 17 heteroatoms. The van der Waals surface area contributed by atoms with Crippen LogP contribution in [0.5, 0.6) is 0 Å². The van der Waals surface area contributed by atoms with Crippen molar-refractivity contribution in [2.45, 2.75) is 105 Å². The summed E-state index contributed by atoms with van der Waals surface area (Å²) in [5.41, 5.74) is 23.2. The average molecular weight is 568 g/mol. The molecule has 0 radical (unpaired) electrons. The summed E-state index contributed by atoms with van der Waals surface area (Å²) >= 11 is 0. The third-order valence-electron chi connectivity index (χ3n) is 7.19. The lowest BCUT2D eigenvalue weighted by molar-refractivity contribution is -0.310. The van der Waals surface area contributed by atoms with E-state index < -0.39 is 104 Å². The molecule has 0 aromatic heterocycles. The van der Waals surface area contributed by atoms with Crippen LogP contribution < -0.4 is 28.3 Å². The third kappa shape index (κ3) is 6.85. The van der Waals surface area contributed by atoms with Gasteiger partial charge in [0, 0.05) is 11.7 Å². The van der Waals surface area contributed by atoms with E-state index in [1.54, 1.807) is 0 Å². The lowest BCUT2D eigenvalue weighted by atomic mass is 9.83. The van der Waals surface area contributed by atoms with E-state index in [1.165, 1.54) is 0 Å². The maximum atomic E-state index is 12.4. The van der Waals surface area contributed by atoms with Crippen molar-refractivity contribution < 1.29 is 59.5 Å². The lowest BCUT2D eigenvalue weighted by Crippen LogP contribution is -2.69. The van der Waals surface area contributed by atoms with Gasteiger partial charge in [-0.3, -0.25) is 4.79 Å². The quantitative estimate of drug-likeness (QED) is 0.117. The molecule has 2 saturated heterocycles. The van der Waals surface area contributed by atoms with E-state index in [2.05, 4.69) is 11.9 Å². The maximum absolute atomic E-state index is 12.4. The maximum Gasteiger partial charge on any atom is 0.249 e. The molecule has 3 fully saturated rings. The van der Waals surface area contributed by atoms with Crippen LogP contribution in [0.25, 0.3) is 0 Å². The Labute approximate surface area is 224 Å². The van der Waals surface area contributed by atoms with Crippen LogP contribution in [0.15, 0.2) is 12.3 Å². The van der Waals surface area contributed by atoms with E-state index in [0.717, 1.165) is 0 Å². The molecule has 3 aliphatic rings. The van der Waals surface area contributed by atoms with Gasteiger partial charge in [0.15, 0.2) is 12.6 Å². The van der Waals surface area contributed by atoms with E-state index in [1.807, 2.05) is 0 Å². The summed E-state index contributed by atoms with van der Waals surface area (Å²) in [4.78, 5) is 12.4. The number of aliphatic hydroxyl groups excluding tert-OH is 7. The zero-order valence-corrected chi connectivity index (χ0v) is 21.2. The van der Waals surface area contributed by atoms with Crippen LogP contribution in [-0.4, -0.2) is 147 Å². The van der Waals surface area contributed by atoms with Gasteiger partial charge in [0.1, 0.15) is 61.0 Å². The number of nitrogens with two attached hydrogens (primary N) is 4. The van der Waals surface area contributed by atoms with Gasteiger partial charge in [-0.1, -0.05) is 6.58 Å². The van der Waals surface area contributed by atoms with Crippen LogP contribution in [0.4, 0.5) is 0 Å². The Morgan fingerprint density at radius 2 is 1.62 bits per heavy atom. The highest BCUT2D eigenvalue weighted by molar-refractivity contribution is 5.80. The van der Waals surface area contributed by atoms with Crippen LogP contribution in [0.3, 0.4) is 0 Å². The van der Waals surface area contributed by atoms with Crippen LogP contribution in [0.1, 0.15) is 12.8 Å². The highest BCUT2D eigenvalue weighted by atomic mass is 16.7. The normalized spacial score (nSPS) is 45.6. The van der Waals surface area contributed by atoms with Crippen molar-refractivity contribution in [1.29, 1.82) is 0 Å². The first kappa shape index (κ1) is 32.0. The molecule has 3 rings (SSSR count). The Balaban J connectivity index is 1.85. The van der Waals surface area contributed by atoms with Crippen LogP contribution in [0, 0.1) is 0 Å². The topological polar surface area (TPSA) is 312 Å². The predicted octanol–water partition coefficient (Wildman–Crippen LogP) is -7.27. The minimum absolute atomic E-state index is 0.0339. The van der Waals surface area contributed by atoms with Gasteiger partial charge in [0.2, 0.25) is 5.91 Å². The van der Waals surface area contributed by atoms with Gasteiger partial charge in [-0.05, 0) is 19.4 Å². The second-order valence-electron chi connectivity index (χ2n) is 10.1. The monoisotopic (exact) mass is 567 g/mol. The first-order chi connectivity index (χ1) is 18.3. The fourth-order valence-electron chi connectivity index (χ4n) is 4.88. The van der Waals surface area contributed by atoms with Crippen LogP contribution >= 0.6 is 0 Å². The van der Waals surface area contributed by atoms with Gasteiger partial charge in [0.05, 0.1) is 18.7 Å². The molecule has 16 N–H and O–H groups in total. The van der Waals surface area contributed by atoms with Crippen molar-refractivity contribution in [2.75, 3.05) is 13.2 Å². The molecule has 226 valence electrons. The fraction of sp³-hybridized carbons (Fsp3) is 0.864. The van der Waals surface area contributed by atoms with Gasteiger partial charge in [0.25, 0.3) is 0 Å². The van der Waals surface area contributed by atoms with Gasteiger partial charge < -0.3 is 82.9 Å². The van der Waals surface area contributed by atoms with Crippen LogP contribution in [-0.2, 0) is 23.7 Å². The summed E-state index contributed by atoms with van der Waals surface area (Å²) < 4.78 is 22.7. The number of aliphatic hydroxyl groups is 7. The SMILES string of the molecule is C=C(N)C1OC(OC2C(O)C(NC(=O)[C@@H](O)CCN)CC(N)C2OC2OC(CO)C(O)C(O)C2N)C(O)C1O. The number of carbonyl (C=O) groups excluding carboxylic acids is 1. The second kappa shape index (κ2) is 13.4. The van der Waals surface area contributed by atoms with Crippen molar-refractivity contribution in [3.05, 3.63) is 12.3 Å². The Hall–Kier alpha value is -1.55. The molecule has 39 heavy (non-hydrogen) atoms. The molecule has 2 heterocycles. The highest BCUT2D eigenvalue weighted by Crippen LogP contribution is 2.33. The molecule has 0 aromatic rings. The minimum atomic E-state index is -1.63. The summed E-state index contributed by atoms with van der Waals surface area (Å²) in [6, 6.07) is -3.39. The summed E-state index contributed by atoms with van der Waals surface area (Å²) in [6.07, 6.45) is -17.6. The minimum Gasteiger partial charge on any atom is -0.400 e. The molecule has 0 aromatic carbocycles. The Morgan fingerprint density at radius 3 is 2.18 bits per heavy atom. The molecule has 0 spiro atoms. The van der Waals surface area contributed by atoms with E-state index in [9.17, 15) is 40.5 Å². The Kier molecular flexibility index (Phi) is 11.0. The summed E-state index contributed by atoms with van der Waals surface area (Å²) in [6.45, 7) is 2.85. The number of ether oxygens (including phenoxy) is 4. The van der Waals surface area contributed by atoms with Crippen LogP contribution in [0.2, 0.25) is 0 Å². The van der Waals surface area contributed by atoms with Crippen molar-refractivity contribution in [3.8, 4) is 0 Å². The van der Waals surface area contributed by atoms with E-state index in [0.29, 0.717) is 0 Å². The summed E-state index contributed by atoms with van der Waals surface area (Å²) in [5, 5.41) is 74.4. The first-order valence-corrected chi connectivity index (χ1v) is 12.6. The largest absolute Gasteiger partial charge is 0.400 e. The van der Waals surface area contributed by atoms with Crippen molar-refractivity contribution in [2.24, 2.45) is 22.9 Å². The van der Waals surface area contributed by atoms with E-state index in [4.69, 9.17) is 41.9 Å². The predicted molar refractivity (Wildman–Crippen MR) is 130 cm³/mol. The Bertz CT molecular complexity index is 841. The number of carbonyl (C=O) groups is 1. The number of hydrogen-bond acceptors (Lipinski definition) is 16. The van der Waals surface area contributed by atoms with Gasteiger partial charge in [-0.2, -0.15) is 0 Å². The molecule has 0 bridgehead atoms. The molecule has 17 nitrogen and oxygen atoms in total. The standard InChI is InChI=1S/C22H41N5O12/c1-6(24)17-15(33)16(34)22(37-17)39-19-12(30)8(27-20(35)9(29)2-3-23)4-7(25)18(19)38-21-11(26)14(32)13(31)10(5-28)36-21/h7-19,21-22,28-34H,1-5,23-26H2,(H,27,35)/t7?,8?,9-,10?,11?,12?,13?,14?,15?,16?,17?,18?,19?,21?,22?/m0/s1. The second-order valence-corrected chi connectivity index (χ2v) is 10.1. The molecular formula is C22H41N5O12.